The quantitative estimate of drug-likeness (QED) is 0.0363. The Morgan fingerprint density at radius 1 is 0.521 bits per heavy atom. The summed E-state index contributed by atoms with van der Waals surface area (Å²) in [6.07, 6.45) is 38.8. The van der Waals surface area contributed by atoms with Crippen LogP contribution >= 0.6 is 11.9 Å². The van der Waals surface area contributed by atoms with Crippen molar-refractivity contribution >= 4 is 17.9 Å². The molecule has 0 radical (unpaired) electrons. The van der Waals surface area contributed by atoms with Crippen molar-refractivity contribution < 1.29 is 9.53 Å². The van der Waals surface area contributed by atoms with Crippen molar-refractivity contribution in [1.82, 2.24) is 9.21 Å². The Balaban J connectivity index is 5.31. The molecule has 0 aromatic heterocycles. The van der Waals surface area contributed by atoms with Gasteiger partial charge in [0.2, 0.25) is 0 Å². The maximum atomic E-state index is 13.3. The van der Waals surface area contributed by atoms with E-state index >= 15 is 0 Å². The highest BCUT2D eigenvalue weighted by atomic mass is 32.2. The summed E-state index contributed by atoms with van der Waals surface area (Å²) in [5.41, 5.74) is 0. The summed E-state index contributed by atoms with van der Waals surface area (Å²) < 4.78 is 8.56. The Hall–Kier alpha value is -0.260. The van der Waals surface area contributed by atoms with Crippen LogP contribution in [0.1, 0.15) is 220 Å². The number of rotatable bonds is 39. The zero-order valence-corrected chi connectivity index (χ0v) is 34.6. The smallest absolute Gasteiger partial charge is 0.307 e. The molecule has 2 unspecified atom stereocenters. The predicted molar refractivity (Wildman–Crippen MR) is 217 cm³/mol. The Labute approximate surface area is 307 Å². The molecule has 4 nitrogen and oxygen atoms in total. The molecule has 2 atom stereocenters. The van der Waals surface area contributed by atoms with E-state index in [1.54, 1.807) is 0 Å². The predicted octanol–water partition coefficient (Wildman–Crippen LogP) is 13.8. The number of carbonyl (C=O) groups is 1. The Kier molecular flexibility index (Phi) is 37.8. The highest BCUT2D eigenvalue weighted by Gasteiger charge is 2.24. The number of nitrogens with zero attached hydrogens (tertiary/aromatic N) is 2. The van der Waals surface area contributed by atoms with Gasteiger partial charge in [0.05, 0.1) is 13.0 Å². The Morgan fingerprint density at radius 2 is 0.938 bits per heavy atom. The normalized spacial score (nSPS) is 13.1. The van der Waals surface area contributed by atoms with Crippen LogP contribution in [-0.4, -0.2) is 60.8 Å². The molecule has 0 fully saturated rings. The molecule has 288 valence electrons. The van der Waals surface area contributed by atoms with Crippen LogP contribution < -0.4 is 0 Å². The van der Waals surface area contributed by atoms with Crippen molar-refractivity contribution in [3.8, 4) is 0 Å². The number of ether oxygens (including phenoxy) is 1. The zero-order valence-electron chi connectivity index (χ0n) is 33.8. The van der Waals surface area contributed by atoms with Crippen LogP contribution in [0.15, 0.2) is 0 Å². The van der Waals surface area contributed by atoms with Gasteiger partial charge in [0.25, 0.3) is 0 Å². The summed E-state index contributed by atoms with van der Waals surface area (Å²) in [7, 11) is 4.37. The van der Waals surface area contributed by atoms with Crippen molar-refractivity contribution in [2.75, 3.05) is 39.5 Å². The van der Waals surface area contributed by atoms with Gasteiger partial charge in [0.1, 0.15) is 0 Å². The summed E-state index contributed by atoms with van der Waals surface area (Å²) in [4.78, 5) is 15.6. The minimum atomic E-state index is 0.0345. The molecule has 0 spiro atoms. The van der Waals surface area contributed by atoms with E-state index < -0.39 is 0 Å². The second-order valence-electron chi connectivity index (χ2n) is 15.3. The highest BCUT2D eigenvalue weighted by Crippen LogP contribution is 2.29. The van der Waals surface area contributed by atoms with Gasteiger partial charge in [-0.15, -0.1) is 0 Å². The second-order valence-corrected chi connectivity index (χ2v) is 16.4. The van der Waals surface area contributed by atoms with Crippen LogP contribution in [0.5, 0.6) is 0 Å². The number of carbonyl (C=O) groups excluding carboxylic acids is 1. The average Bonchev–Trinajstić information content (AvgIpc) is 3.07. The summed E-state index contributed by atoms with van der Waals surface area (Å²) >= 11 is 2.09. The fourth-order valence-corrected chi connectivity index (χ4v) is 8.22. The van der Waals surface area contributed by atoms with E-state index in [0.717, 1.165) is 38.3 Å². The van der Waals surface area contributed by atoms with E-state index in [0.29, 0.717) is 13.0 Å². The van der Waals surface area contributed by atoms with E-state index in [1.165, 1.54) is 173 Å². The van der Waals surface area contributed by atoms with Crippen molar-refractivity contribution in [2.45, 2.75) is 226 Å². The van der Waals surface area contributed by atoms with Gasteiger partial charge >= 0.3 is 5.97 Å². The van der Waals surface area contributed by atoms with E-state index in [2.05, 4.69) is 62.9 Å². The Morgan fingerprint density at radius 3 is 1.42 bits per heavy atom. The number of esters is 1. The van der Waals surface area contributed by atoms with Gasteiger partial charge in [0.15, 0.2) is 0 Å². The minimum Gasteiger partial charge on any atom is -0.466 e. The average molecular weight is 697 g/mol. The highest BCUT2D eigenvalue weighted by molar-refractivity contribution is 7.97. The minimum absolute atomic E-state index is 0.0345. The molecule has 0 aliphatic carbocycles. The first-order valence-electron chi connectivity index (χ1n) is 21.7. The standard InChI is InChI=1S/C43H88N2O2S/c1-7-11-15-19-22-24-27-31-38-47-43(46)39-42(35-30-26-23-20-16-12-8-2)45(37-32-36-44(5)6)48-40-41(33-28-18-14-10-4)34-29-25-21-17-13-9-3/h41-42H,7-40H2,1-6H3. The largest absolute Gasteiger partial charge is 0.466 e. The maximum Gasteiger partial charge on any atom is 0.307 e. The Bertz CT molecular complexity index is 646. The number of hydrogen-bond donors (Lipinski definition) is 0. The third-order valence-electron chi connectivity index (χ3n) is 10.1. The van der Waals surface area contributed by atoms with Gasteiger partial charge in [-0.2, -0.15) is 0 Å². The van der Waals surface area contributed by atoms with Gasteiger partial charge < -0.3 is 9.64 Å². The molecule has 0 saturated carbocycles. The summed E-state index contributed by atoms with van der Waals surface area (Å²) in [6.45, 7) is 12.0. The SMILES string of the molecule is CCCCCCCCCCOC(=O)CC(CCCCCCCCC)N(CCCN(C)C)SCC(CCCCCC)CCCCCCCC. The first-order chi connectivity index (χ1) is 23.5. The van der Waals surface area contributed by atoms with Crippen LogP contribution in [0.2, 0.25) is 0 Å². The van der Waals surface area contributed by atoms with Crippen LogP contribution in [0, 0.1) is 5.92 Å². The van der Waals surface area contributed by atoms with Gasteiger partial charge in [-0.3, -0.25) is 4.79 Å². The van der Waals surface area contributed by atoms with Crippen LogP contribution in [-0.2, 0) is 9.53 Å². The number of unbranched alkanes of at least 4 members (excludes halogenated alkanes) is 21. The summed E-state index contributed by atoms with van der Waals surface area (Å²) in [6, 6.07) is 0.286. The van der Waals surface area contributed by atoms with Crippen molar-refractivity contribution in [3.05, 3.63) is 0 Å². The van der Waals surface area contributed by atoms with Gasteiger partial charge in [-0.25, -0.2) is 4.31 Å². The fourth-order valence-electron chi connectivity index (χ4n) is 6.84. The molecule has 0 aromatic carbocycles. The first kappa shape index (κ1) is 47.7. The lowest BCUT2D eigenvalue weighted by atomic mass is 9.96. The molecule has 0 N–H and O–H groups in total. The molecule has 0 saturated heterocycles. The van der Waals surface area contributed by atoms with Crippen LogP contribution in [0.25, 0.3) is 0 Å². The summed E-state index contributed by atoms with van der Waals surface area (Å²) in [5, 5.41) is 0. The van der Waals surface area contributed by atoms with Crippen molar-refractivity contribution in [1.29, 1.82) is 0 Å². The lowest BCUT2D eigenvalue weighted by Gasteiger charge is -2.32. The topological polar surface area (TPSA) is 32.8 Å². The summed E-state index contributed by atoms with van der Waals surface area (Å²) in [5.74, 6) is 2.04. The van der Waals surface area contributed by atoms with Gasteiger partial charge in [0, 0.05) is 18.3 Å². The first-order valence-corrected chi connectivity index (χ1v) is 22.6. The van der Waals surface area contributed by atoms with E-state index in [9.17, 15) is 4.79 Å². The van der Waals surface area contributed by atoms with Crippen LogP contribution in [0.3, 0.4) is 0 Å². The number of hydrogen-bond acceptors (Lipinski definition) is 5. The molecular weight excluding hydrogens is 609 g/mol. The molecule has 0 aliphatic heterocycles. The molecule has 0 amide bonds. The third kappa shape index (κ3) is 32.9. The monoisotopic (exact) mass is 697 g/mol. The molecule has 0 heterocycles. The van der Waals surface area contributed by atoms with Crippen molar-refractivity contribution in [2.24, 2.45) is 5.92 Å². The zero-order chi connectivity index (χ0) is 35.3. The van der Waals surface area contributed by atoms with Gasteiger partial charge in [-0.05, 0) is 58.7 Å². The fraction of sp³-hybridized carbons (Fsp3) is 0.977. The van der Waals surface area contributed by atoms with Crippen molar-refractivity contribution in [3.63, 3.8) is 0 Å². The lowest BCUT2D eigenvalue weighted by molar-refractivity contribution is -0.144. The maximum absolute atomic E-state index is 13.3. The molecule has 5 heteroatoms. The molecule has 0 rings (SSSR count). The molecule has 0 aliphatic rings. The third-order valence-corrected chi connectivity index (χ3v) is 11.5. The van der Waals surface area contributed by atoms with Gasteiger partial charge in [-0.1, -0.05) is 194 Å². The molecule has 0 aromatic rings. The molecule has 48 heavy (non-hydrogen) atoms. The lowest BCUT2D eigenvalue weighted by Crippen LogP contribution is -2.35. The van der Waals surface area contributed by atoms with E-state index in [-0.39, 0.29) is 12.0 Å². The molecular formula is C43H88N2O2S. The van der Waals surface area contributed by atoms with E-state index in [4.69, 9.17) is 4.74 Å². The van der Waals surface area contributed by atoms with E-state index in [1.807, 2.05) is 0 Å². The van der Waals surface area contributed by atoms with Crippen LogP contribution in [0.4, 0.5) is 0 Å². The second kappa shape index (κ2) is 38.0. The molecule has 0 bridgehead atoms.